The Labute approximate surface area is 124 Å². The fourth-order valence-electron chi connectivity index (χ4n) is 2.35. The van der Waals surface area contributed by atoms with E-state index in [2.05, 4.69) is 0 Å². The van der Waals surface area contributed by atoms with E-state index in [-0.39, 0.29) is 23.7 Å². The van der Waals surface area contributed by atoms with Crippen LogP contribution >= 0.6 is 0 Å². The largest absolute Gasteiger partial charge is 0.494 e. The van der Waals surface area contributed by atoms with Crippen LogP contribution in [0.15, 0.2) is 23.1 Å². The number of ether oxygens (including phenoxy) is 1. The molecule has 0 aromatic heterocycles. The van der Waals surface area contributed by atoms with Gasteiger partial charge < -0.3 is 9.84 Å². The minimum atomic E-state index is -3.85. The molecular weight excluding hydrogens is 297 g/mol. The van der Waals surface area contributed by atoms with Gasteiger partial charge in [-0.2, -0.15) is 4.31 Å². The molecule has 0 saturated carbocycles. The zero-order chi connectivity index (χ0) is 16.1. The van der Waals surface area contributed by atoms with E-state index in [9.17, 15) is 17.9 Å². The molecule has 118 valence electrons. The van der Waals surface area contributed by atoms with Crippen LogP contribution in [0.25, 0.3) is 0 Å². The van der Waals surface area contributed by atoms with Gasteiger partial charge in [0.15, 0.2) is 11.6 Å². The van der Waals surface area contributed by atoms with Crippen LogP contribution in [0.4, 0.5) is 4.39 Å². The van der Waals surface area contributed by atoms with Gasteiger partial charge >= 0.3 is 0 Å². The van der Waals surface area contributed by atoms with Crippen molar-refractivity contribution in [1.29, 1.82) is 0 Å². The minimum Gasteiger partial charge on any atom is -0.494 e. The van der Waals surface area contributed by atoms with Crippen molar-refractivity contribution in [3.63, 3.8) is 0 Å². The third-order valence-electron chi connectivity index (χ3n) is 4.27. The molecule has 0 radical (unpaired) electrons. The van der Waals surface area contributed by atoms with Gasteiger partial charge in [-0.1, -0.05) is 13.8 Å². The summed E-state index contributed by atoms with van der Waals surface area (Å²) in [7, 11) is -2.54. The second-order valence-electron chi connectivity index (χ2n) is 6.23. The first-order valence-electron chi connectivity index (χ1n) is 6.57. The molecule has 1 N–H and O–H groups in total. The first kappa shape index (κ1) is 16.2. The number of nitrogens with zero attached hydrogens (tertiary/aromatic N) is 1. The van der Waals surface area contributed by atoms with Crippen molar-refractivity contribution in [3.05, 3.63) is 24.0 Å². The van der Waals surface area contributed by atoms with E-state index in [0.29, 0.717) is 0 Å². The molecule has 7 heteroatoms. The highest BCUT2D eigenvalue weighted by atomic mass is 32.2. The Morgan fingerprint density at radius 3 is 2.33 bits per heavy atom. The summed E-state index contributed by atoms with van der Waals surface area (Å²) < 4.78 is 44.8. The lowest BCUT2D eigenvalue weighted by Gasteiger charge is -2.31. The van der Waals surface area contributed by atoms with Crippen molar-refractivity contribution >= 4 is 10.0 Å². The highest BCUT2D eigenvalue weighted by Crippen LogP contribution is 2.40. The molecule has 0 amide bonds. The Bertz CT molecular complexity index is 639. The van der Waals surface area contributed by atoms with Gasteiger partial charge in [0.2, 0.25) is 10.0 Å². The van der Waals surface area contributed by atoms with Crippen molar-refractivity contribution in [1.82, 2.24) is 4.31 Å². The van der Waals surface area contributed by atoms with Gasteiger partial charge in [0, 0.05) is 18.5 Å². The van der Waals surface area contributed by atoms with Crippen molar-refractivity contribution in [2.24, 2.45) is 5.41 Å². The Kier molecular flexibility index (Phi) is 3.80. The van der Waals surface area contributed by atoms with Gasteiger partial charge in [-0.05, 0) is 25.1 Å². The average Bonchev–Trinajstić information content (AvgIpc) is 2.59. The number of hydrogen-bond acceptors (Lipinski definition) is 4. The Morgan fingerprint density at radius 2 is 1.90 bits per heavy atom. The third-order valence-corrected chi connectivity index (χ3v) is 6.06. The SMILES string of the molecule is COc1ccc(S(=O)(=O)N2CC(C)(C)[C@](C)(O)C2)cc1F. The highest BCUT2D eigenvalue weighted by Gasteiger charge is 2.51. The lowest BCUT2D eigenvalue weighted by atomic mass is 9.79. The van der Waals surface area contributed by atoms with E-state index in [1.807, 2.05) is 0 Å². The molecule has 0 aliphatic carbocycles. The molecule has 1 aliphatic rings. The van der Waals surface area contributed by atoms with Crippen LogP contribution in [0.1, 0.15) is 20.8 Å². The summed E-state index contributed by atoms with van der Waals surface area (Å²) in [6.45, 7) is 5.37. The standard InChI is InChI=1S/C14H20FNO4S/c1-13(2)8-16(9-14(13,3)17)21(18,19)10-5-6-12(20-4)11(15)7-10/h5-7,17H,8-9H2,1-4H3/t14-/m1/s1. The summed E-state index contributed by atoms with van der Waals surface area (Å²) >= 11 is 0. The molecule has 1 aromatic rings. The van der Waals surface area contributed by atoms with Crippen LogP contribution in [-0.4, -0.2) is 43.6 Å². The molecule has 0 bridgehead atoms. The van der Waals surface area contributed by atoms with E-state index < -0.39 is 26.9 Å². The van der Waals surface area contributed by atoms with E-state index in [1.165, 1.54) is 23.5 Å². The van der Waals surface area contributed by atoms with Gasteiger partial charge in [-0.15, -0.1) is 0 Å². The third kappa shape index (κ3) is 2.65. The number of benzene rings is 1. The molecule has 1 atom stereocenters. The molecule has 1 saturated heterocycles. The molecule has 21 heavy (non-hydrogen) atoms. The second kappa shape index (κ2) is 4.93. The first-order valence-corrected chi connectivity index (χ1v) is 8.01. The summed E-state index contributed by atoms with van der Waals surface area (Å²) in [5, 5.41) is 10.3. The number of aliphatic hydroxyl groups is 1. The average molecular weight is 317 g/mol. The maximum absolute atomic E-state index is 13.7. The normalized spacial score (nSPS) is 26.0. The van der Waals surface area contributed by atoms with E-state index in [1.54, 1.807) is 20.8 Å². The molecule has 0 unspecified atom stereocenters. The number of halogens is 1. The number of methoxy groups -OCH3 is 1. The molecule has 1 aromatic carbocycles. The van der Waals surface area contributed by atoms with Crippen molar-refractivity contribution < 1.29 is 22.7 Å². The smallest absolute Gasteiger partial charge is 0.243 e. The van der Waals surface area contributed by atoms with Gasteiger partial charge in [-0.25, -0.2) is 12.8 Å². The first-order chi connectivity index (χ1) is 9.51. The van der Waals surface area contributed by atoms with Crippen molar-refractivity contribution in [3.8, 4) is 5.75 Å². The fourth-order valence-corrected chi connectivity index (χ4v) is 4.06. The molecule has 1 fully saturated rings. The fraction of sp³-hybridized carbons (Fsp3) is 0.571. The molecule has 2 rings (SSSR count). The number of hydrogen-bond donors (Lipinski definition) is 1. The maximum atomic E-state index is 13.7. The van der Waals surface area contributed by atoms with Crippen molar-refractivity contribution in [2.75, 3.05) is 20.2 Å². The summed E-state index contributed by atoms with van der Waals surface area (Å²) in [6, 6.07) is 3.52. The number of sulfonamides is 1. The molecular formula is C14H20FNO4S. The zero-order valence-corrected chi connectivity index (χ0v) is 13.4. The molecule has 1 heterocycles. The minimum absolute atomic E-state index is 0.0114. The van der Waals surface area contributed by atoms with Crippen LogP contribution in [-0.2, 0) is 10.0 Å². The predicted molar refractivity (Wildman–Crippen MR) is 76.1 cm³/mol. The van der Waals surface area contributed by atoms with E-state index in [0.717, 1.165) is 6.07 Å². The van der Waals surface area contributed by atoms with Gasteiger partial charge in [0.05, 0.1) is 17.6 Å². The molecule has 0 spiro atoms. The Morgan fingerprint density at radius 1 is 1.29 bits per heavy atom. The van der Waals surface area contributed by atoms with Crippen LogP contribution in [0.5, 0.6) is 5.75 Å². The quantitative estimate of drug-likeness (QED) is 0.920. The van der Waals surface area contributed by atoms with Gasteiger partial charge in [-0.3, -0.25) is 0 Å². The van der Waals surface area contributed by atoms with Gasteiger partial charge in [0.25, 0.3) is 0 Å². The summed E-state index contributed by atoms with van der Waals surface area (Å²) in [5.41, 5.74) is -1.71. The van der Waals surface area contributed by atoms with E-state index in [4.69, 9.17) is 4.74 Å². The topological polar surface area (TPSA) is 66.8 Å². The second-order valence-corrected chi connectivity index (χ2v) is 8.17. The van der Waals surface area contributed by atoms with Crippen LogP contribution < -0.4 is 4.74 Å². The lowest BCUT2D eigenvalue weighted by Crippen LogP contribution is -2.40. The van der Waals surface area contributed by atoms with Gasteiger partial charge in [0.1, 0.15) is 0 Å². The predicted octanol–water partition coefficient (Wildman–Crippen LogP) is 1.62. The Balaban J connectivity index is 2.38. The monoisotopic (exact) mass is 317 g/mol. The Hall–Kier alpha value is -1.18. The zero-order valence-electron chi connectivity index (χ0n) is 12.6. The summed E-state index contributed by atoms with van der Waals surface area (Å²) in [4.78, 5) is -0.144. The summed E-state index contributed by atoms with van der Waals surface area (Å²) in [6.07, 6.45) is 0. The maximum Gasteiger partial charge on any atom is 0.243 e. The van der Waals surface area contributed by atoms with Crippen LogP contribution in [0.3, 0.4) is 0 Å². The van der Waals surface area contributed by atoms with Crippen molar-refractivity contribution in [2.45, 2.75) is 31.3 Å². The number of rotatable bonds is 3. The van der Waals surface area contributed by atoms with E-state index >= 15 is 0 Å². The van der Waals surface area contributed by atoms with Crippen LogP contribution in [0.2, 0.25) is 0 Å². The highest BCUT2D eigenvalue weighted by molar-refractivity contribution is 7.89. The molecule has 5 nitrogen and oxygen atoms in total. The molecule has 1 aliphatic heterocycles. The van der Waals surface area contributed by atoms with Crippen LogP contribution in [0, 0.1) is 11.2 Å². The lowest BCUT2D eigenvalue weighted by molar-refractivity contribution is -0.0100. The summed E-state index contributed by atoms with van der Waals surface area (Å²) in [5.74, 6) is -0.744. The number of β-amino-alcohol motifs (C(OH)–C–C–N with tert-alkyl or cyclic N) is 1.